The van der Waals surface area contributed by atoms with E-state index in [1.165, 1.54) is 36.0 Å². The molecule has 2 aromatic rings. The Labute approximate surface area is 140 Å². The number of halogens is 3. The molecule has 2 nitrogen and oxygen atoms in total. The predicted octanol–water partition coefficient (Wildman–Crippen LogP) is 4.39. The van der Waals surface area contributed by atoms with E-state index in [1.54, 1.807) is 18.2 Å². The third-order valence-corrected chi connectivity index (χ3v) is 4.62. The second-order valence-corrected chi connectivity index (χ2v) is 6.48. The van der Waals surface area contributed by atoms with E-state index >= 15 is 0 Å². The van der Waals surface area contributed by atoms with Gasteiger partial charge < -0.3 is 5.32 Å². The Morgan fingerprint density at radius 3 is 2.73 bits per heavy atom. The molecular formula is C16H14BrF2NOS. The van der Waals surface area contributed by atoms with Crippen molar-refractivity contribution in [2.24, 2.45) is 0 Å². The molecule has 6 heteroatoms. The van der Waals surface area contributed by atoms with Gasteiger partial charge >= 0.3 is 0 Å². The fraction of sp³-hybridized carbons (Fsp3) is 0.188. The van der Waals surface area contributed by atoms with E-state index in [1.807, 2.05) is 0 Å². The summed E-state index contributed by atoms with van der Waals surface area (Å²) in [7, 11) is 0. The second kappa shape index (κ2) is 8.29. The molecule has 0 radical (unpaired) electrons. The van der Waals surface area contributed by atoms with E-state index in [-0.39, 0.29) is 17.3 Å². The summed E-state index contributed by atoms with van der Waals surface area (Å²) in [5, 5.41) is 2.72. The maximum absolute atomic E-state index is 13.4. The van der Waals surface area contributed by atoms with Crippen LogP contribution in [0.3, 0.4) is 0 Å². The molecule has 0 spiro atoms. The number of carbonyl (C=O) groups is 1. The van der Waals surface area contributed by atoms with Gasteiger partial charge in [0, 0.05) is 22.5 Å². The monoisotopic (exact) mass is 385 g/mol. The molecule has 0 unspecified atom stereocenters. The van der Waals surface area contributed by atoms with Crippen molar-refractivity contribution in [1.29, 1.82) is 0 Å². The molecule has 0 atom stereocenters. The predicted molar refractivity (Wildman–Crippen MR) is 89.0 cm³/mol. The highest BCUT2D eigenvalue weighted by atomic mass is 79.9. The van der Waals surface area contributed by atoms with Gasteiger partial charge in [0.2, 0.25) is 0 Å². The molecule has 22 heavy (non-hydrogen) atoms. The van der Waals surface area contributed by atoms with Crippen molar-refractivity contribution >= 4 is 33.6 Å². The van der Waals surface area contributed by atoms with Crippen LogP contribution in [0.2, 0.25) is 0 Å². The molecule has 0 aliphatic heterocycles. The topological polar surface area (TPSA) is 29.1 Å². The number of hydrogen-bond donors (Lipinski definition) is 1. The van der Waals surface area contributed by atoms with Crippen LogP contribution >= 0.6 is 27.7 Å². The van der Waals surface area contributed by atoms with Crippen LogP contribution in [-0.2, 0) is 5.75 Å². The number of carbonyl (C=O) groups excluding carboxylic acids is 1. The summed E-state index contributed by atoms with van der Waals surface area (Å²) in [6.07, 6.45) is 0. The lowest BCUT2D eigenvalue weighted by Crippen LogP contribution is -2.26. The van der Waals surface area contributed by atoms with Crippen LogP contribution in [0.15, 0.2) is 46.9 Å². The van der Waals surface area contributed by atoms with Crippen molar-refractivity contribution in [3.05, 3.63) is 69.7 Å². The van der Waals surface area contributed by atoms with Crippen molar-refractivity contribution in [2.45, 2.75) is 5.75 Å². The molecule has 0 fully saturated rings. The van der Waals surface area contributed by atoms with Gasteiger partial charge in [-0.1, -0.05) is 18.2 Å². The fourth-order valence-corrected chi connectivity index (χ4v) is 3.07. The second-order valence-electron chi connectivity index (χ2n) is 4.52. The third-order valence-electron chi connectivity index (χ3n) is 2.92. The third kappa shape index (κ3) is 4.81. The first-order valence-corrected chi connectivity index (χ1v) is 8.57. The van der Waals surface area contributed by atoms with Gasteiger partial charge in [0.25, 0.3) is 5.91 Å². The number of benzene rings is 2. The minimum absolute atomic E-state index is 0.220. The van der Waals surface area contributed by atoms with Crippen molar-refractivity contribution < 1.29 is 13.6 Å². The Morgan fingerprint density at radius 1 is 1.18 bits per heavy atom. The fourth-order valence-electron chi connectivity index (χ4n) is 1.80. The summed E-state index contributed by atoms with van der Waals surface area (Å²) in [5.74, 6) is 0.182. The Balaban J connectivity index is 1.76. The Hall–Kier alpha value is -1.40. The van der Waals surface area contributed by atoms with E-state index in [0.29, 0.717) is 28.1 Å². The van der Waals surface area contributed by atoms with Gasteiger partial charge in [-0.2, -0.15) is 11.8 Å². The van der Waals surface area contributed by atoms with Gasteiger partial charge in [0.15, 0.2) is 0 Å². The van der Waals surface area contributed by atoms with Crippen LogP contribution in [0.1, 0.15) is 15.9 Å². The largest absolute Gasteiger partial charge is 0.351 e. The van der Waals surface area contributed by atoms with E-state index < -0.39 is 5.82 Å². The molecule has 116 valence electrons. The van der Waals surface area contributed by atoms with E-state index in [2.05, 4.69) is 21.2 Å². The first-order chi connectivity index (χ1) is 10.6. The molecule has 1 amide bonds. The zero-order valence-corrected chi connectivity index (χ0v) is 14.0. The molecule has 0 aromatic heterocycles. The molecule has 1 N–H and O–H groups in total. The molecule has 0 aliphatic rings. The molecule has 0 aliphatic carbocycles. The molecule has 0 saturated heterocycles. The van der Waals surface area contributed by atoms with Crippen LogP contribution in [0.25, 0.3) is 0 Å². The van der Waals surface area contributed by atoms with Crippen molar-refractivity contribution in [1.82, 2.24) is 5.32 Å². The summed E-state index contributed by atoms with van der Waals surface area (Å²) in [4.78, 5) is 11.9. The van der Waals surface area contributed by atoms with Gasteiger partial charge in [-0.3, -0.25) is 4.79 Å². The van der Waals surface area contributed by atoms with Crippen molar-refractivity contribution in [3.8, 4) is 0 Å². The van der Waals surface area contributed by atoms with Crippen LogP contribution in [0.5, 0.6) is 0 Å². The Kier molecular flexibility index (Phi) is 6.39. The lowest BCUT2D eigenvalue weighted by Gasteiger charge is -2.07. The molecular weight excluding hydrogens is 372 g/mol. The SMILES string of the molecule is O=C(NCCSCc1ccccc1F)c1cc(F)ccc1Br. The summed E-state index contributed by atoms with van der Waals surface area (Å²) in [6.45, 7) is 0.431. The summed E-state index contributed by atoms with van der Waals surface area (Å²) >= 11 is 4.74. The van der Waals surface area contributed by atoms with Gasteiger partial charge in [-0.25, -0.2) is 8.78 Å². The van der Waals surface area contributed by atoms with Gasteiger partial charge in [0.1, 0.15) is 11.6 Å². The molecule has 0 heterocycles. The lowest BCUT2D eigenvalue weighted by atomic mass is 10.2. The van der Waals surface area contributed by atoms with Crippen LogP contribution in [0, 0.1) is 11.6 Å². The summed E-state index contributed by atoms with van der Waals surface area (Å²) in [6, 6.07) is 10.6. The summed E-state index contributed by atoms with van der Waals surface area (Å²) in [5.41, 5.74) is 0.908. The molecule has 0 saturated carbocycles. The molecule has 2 rings (SSSR count). The van der Waals surface area contributed by atoms with E-state index in [0.717, 1.165) is 0 Å². The van der Waals surface area contributed by atoms with Crippen LogP contribution < -0.4 is 5.32 Å². The average molecular weight is 386 g/mol. The smallest absolute Gasteiger partial charge is 0.252 e. The minimum atomic E-state index is -0.456. The Morgan fingerprint density at radius 2 is 1.95 bits per heavy atom. The zero-order valence-electron chi connectivity index (χ0n) is 11.6. The van der Waals surface area contributed by atoms with E-state index in [9.17, 15) is 13.6 Å². The standard InChI is InChI=1S/C16H14BrF2NOS/c17-14-6-5-12(18)9-13(14)16(21)20-7-8-22-10-11-3-1-2-4-15(11)19/h1-6,9H,7-8,10H2,(H,20,21). The number of amides is 1. The quantitative estimate of drug-likeness (QED) is 0.747. The maximum atomic E-state index is 13.4. The highest BCUT2D eigenvalue weighted by Crippen LogP contribution is 2.18. The first kappa shape index (κ1) is 17.0. The maximum Gasteiger partial charge on any atom is 0.252 e. The Bertz CT molecular complexity index is 666. The van der Waals surface area contributed by atoms with Crippen LogP contribution in [-0.4, -0.2) is 18.2 Å². The van der Waals surface area contributed by atoms with Crippen molar-refractivity contribution in [3.63, 3.8) is 0 Å². The number of rotatable bonds is 6. The molecule has 2 aromatic carbocycles. The molecule has 0 bridgehead atoms. The normalized spacial score (nSPS) is 10.5. The highest BCUT2D eigenvalue weighted by Gasteiger charge is 2.10. The zero-order chi connectivity index (χ0) is 15.9. The van der Waals surface area contributed by atoms with Crippen LogP contribution in [0.4, 0.5) is 8.78 Å². The van der Waals surface area contributed by atoms with E-state index in [4.69, 9.17) is 0 Å². The average Bonchev–Trinajstić information content (AvgIpc) is 2.51. The lowest BCUT2D eigenvalue weighted by molar-refractivity contribution is 0.0955. The number of thioether (sulfide) groups is 1. The number of hydrogen-bond acceptors (Lipinski definition) is 2. The number of nitrogens with one attached hydrogen (secondary N) is 1. The summed E-state index contributed by atoms with van der Waals surface area (Å²) < 4.78 is 27.1. The highest BCUT2D eigenvalue weighted by molar-refractivity contribution is 9.10. The first-order valence-electron chi connectivity index (χ1n) is 6.62. The van der Waals surface area contributed by atoms with Crippen molar-refractivity contribution in [2.75, 3.05) is 12.3 Å². The van der Waals surface area contributed by atoms with Gasteiger partial charge in [0.05, 0.1) is 5.56 Å². The minimum Gasteiger partial charge on any atom is -0.351 e. The van der Waals surface area contributed by atoms with Gasteiger partial charge in [-0.05, 0) is 45.8 Å². The van der Waals surface area contributed by atoms with Gasteiger partial charge in [-0.15, -0.1) is 0 Å².